The number of carbonyl (C=O) groups excluding carboxylic acids is 2. The Kier molecular flexibility index (Phi) is 5.97. The van der Waals surface area contributed by atoms with E-state index in [0.717, 1.165) is 17.6 Å². The number of benzene rings is 1. The Morgan fingerprint density at radius 3 is 2.35 bits per heavy atom. The van der Waals surface area contributed by atoms with Gasteiger partial charge in [-0.15, -0.1) is 0 Å². The van der Waals surface area contributed by atoms with E-state index in [-0.39, 0.29) is 11.8 Å². The SMILES string of the molecule is CC/C=C(/C)C(=O)N(C)Cc1ccc(C(=O)NC)cc1. The summed E-state index contributed by atoms with van der Waals surface area (Å²) in [5.41, 5.74) is 2.38. The summed E-state index contributed by atoms with van der Waals surface area (Å²) in [7, 11) is 3.38. The van der Waals surface area contributed by atoms with Crippen molar-refractivity contribution in [1.82, 2.24) is 10.2 Å². The van der Waals surface area contributed by atoms with Crippen molar-refractivity contribution in [2.45, 2.75) is 26.8 Å². The van der Waals surface area contributed by atoms with Crippen molar-refractivity contribution in [1.29, 1.82) is 0 Å². The fourth-order valence-electron chi connectivity index (χ4n) is 1.95. The van der Waals surface area contributed by atoms with Crippen LogP contribution >= 0.6 is 0 Å². The summed E-state index contributed by atoms with van der Waals surface area (Å²) >= 11 is 0. The Morgan fingerprint density at radius 2 is 1.85 bits per heavy atom. The van der Waals surface area contributed by atoms with Gasteiger partial charge >= 0.3 is 0 Å². The lowest BCUT2D eigenvalue weighted by atomic mass is 10.1. The highest BCUT2D eigenvalue weighted by molar-refractivity contribution is 5.94. The zero-order valence-corrected chi connectivity index (χ0v) is 12.6. The van der Waals surface area contributed by atoms with Crippen molar-refractivity contribution in [3.8, 4) is 0 Å². The molecule has 1 aromatic carbocycles. The number of carbonyl (C=O) groups is 2. The van der Waals surface area contributed by atoms with Crippen LogP contribution < -0.4 is 5.32 Å². The summed E-state index contributed by atoms with van der Waals surface area (Å²) < 4.78 is 0. The lowest BCUT2D eigenvalue weighted by molar-refractivity contribution is -0.126. The molecule has 1 aromatic rings. The largest absolute Gasteiger partial charge is 0.355 e. The van der Waals surface area contributed by atoms with Gasteiger partial charge in [-0.1, -0.05) is 25.1 Å². The molecule has 0 fully saturated rings. The van der Waals surface area contributed by atoms with Gasteiger partial charge < -0.3 is 10.2 Å². The van der Waals surface area contributed by atoms with Crippen LogP contribution in [0.5, 0.6) is 0 Å². The number of rotatable bonds is 5. The molecular weight excluding hydrogens is 252 g/mol. The van der Waals surface area contributed by atoms with Gasteiger partial charge in [-0.2, -0.15) is 0 Å². The third kappa shape index (κ3) is 4.23. The molecule has 0 aliphatic carbocycles. The van der Waals surface area contributed by atoms with Gasteiger partial charge in [-0.05, 0) is 31.0 Å². The van der Waals surface area contributed by atoms with Gasteiger partial charge in [0.2, 0.25) is 5.91 Å². The van der Waals surface area contributed by atoms with Gasteiger partial charge in [0.15, 0.2) is 0 Å². The third-order valence-electron chi connectivity index (χ3n) is 3.06. The lowest BCUT2D eigenvalue weighted by Crippen LogP contribution is -2.26. The molecule has 0 saturated carbocycles. The van der Waals surface area contributed by atoms with Crippen LogP contribution in [0.1, 0.15) is 36.2 Å². The standard InChI is InChI=1S/C16H22N2O2/c1-5-6-12(2)16(20)18(4)11-13-7-9-14(10-8-13)15(19)17-3/h6-10H,5,11H2,1-4H3,(H,17,19)/b12-6-. The highest BCUT2D eigenvalue weighted by Gasteiger charge is 2.11. The third-order valence-corrected chi connectivity index (χ3v) is 3.06. The van der Waals surface area contributed by atoms with Gasteiger partial charge in [0, 0.05) is 31.8 Å². The highest BCUT2D eigenvalue weighted by Crippen LogP contribution is 2.09. The molecule has 4 heteroatoms. The first-order valence-corrected chi connectivity index (χ1v) is 6.72. The van der Waals surface area contributed by atoms with Crippen molar-refractivity contribution in [2.75, 3.05) is 14.1 Å². The van der Waals surface area contributed by atoms with Crippen LogP contribution in [0.3, 0.4) is 0 Å². The van der Waals surface area contributed by atoms with Crippen molar-refractivity contribution >= 4 is 11.8 Å². The van der Waals surface area contributed by atoms with Crippen LogP contribution in [-0.4, -0.2) is 30.8 Å². The van der Waals surface area contributed by atoms with E-state index < -0.39 is 0 Å². The van der Waals surface area contributed by atoms with E-state index >= 15 is 0 Å². The molecule has 0 radical (unpaired) electrons. The second-order valence-corrected chi connectivity index (χ2v) is 4.73. The quantitative estimate of drug-likeness (QED) is 0.838. The maximum absolute atomic E-state index is 12.1. The average molecular weight is 274 g/mol. The molecule has 0 atom stereocenters. The second kappa shape index (κ2) is 7.48. The zero-order chi connectivity index (χ0) is 15.1. The molecule has 1 rings (SSSR count). The van der Waals surface area contributed by atoms with E-state index in [9.17, 15) is 9.59 Å². The fraction of sp³-hybridized carbons (Fsp3) is 0.375. The number of nitrogens with one attached hydrogen (secondary N) is 1. The number of allylic oxidation sites excluding steroid dienone is 1. The molecule has 0 aliphatic rings. The Balaban J connectivity index is 2.71. The lowest BCUT2D eigenvalue weighted by Gasteiger charge is -2.17. The smallest absolute Gasteiger partial charge is 0.251 e. The molecule has 108 valence electrons. The molecule has 2 amide bonds. The van der Waals surface area contributed by atoms with E-state index in [2.05, 4.69) is 5.32 Å². The number of hydrogen-bond donors (Lipinski definition) is 1. The molecule has 0 saturated heterocycles. The summed E-state index contributed by atoms with van der Waals surface area (Å²) in [6.45, 7) is 4.37. The van der Waals surface area contributed by atoms with Gasteiger partial charge in [0.05, 0.1) is 0 Å². The minimum atomic E-state index is -0.109. The summed E-state index contributed by atoms with van der Waals surface area (Å²) in [4.78, 5) is 25.2. The number of hydrogen-bond acceptors (Lipinski definition) is 2. The summed E-state index contributed by atoms with van der Waals surface area (Å²) in [6, 6.07) is 7.27. The monoisotopic (exact) mass is 274 g/mol. The summed E-state index contributed by atoms with van der Waals surface area (Å²) in [5.74, 6) is -0.0788. The van der Waals surface area contributed by atoms with E-state index in [1.54, 1.807) is 31.1 Å². The van der Waals surface area contributed by atoms with Crippen LogP contribution in [-0.2, 0) is 11.3 Å². The van der Waals surface area contributed by atoms with E-state index in [1.807, 2.05) is 32.1 Å². The van der Waals surface area contributed by atoms with Crippen LogP contribution in [0, 0.1) is 0 Å². The summed E-state index contributed by atoms with van der Waals surface area (Å²) in [5, 5.41) is 2.58. The van der Waals surface area contributed by atoms with Gasteiger partial charge in [0.25, 0.3) is 5.91 Å². The minimum Gasteiger partial charge on any atom is -0.355 e. The molecule has 0 unspecified atom stereocenters. The van der Waals surface area contributed by atoms with Crippen LogP contribution in [0.2, 0.25) is 0 Å². The number of nitrogens with zero attached hydrogens (tertiary/aromatic N) is 1. The maximum atomic E-state index is 12.1. The molecule has 0 aliphatic heterocycles. The first-order chi connectivity index (χ1) is 9.49. The predicted octanol–water partition coefficient (Wildman–Crippen LogP) is 2.36. The Hall–Kier alpha value is -2.10. The van der Waals surface area contributed by atoms with Crippen LogP contribution in [0.25, 0.3) is 0 Å². The molecule has 1 N–H and O–H groups in total. The number of amides is 2. The Bertz CT molecular complexity index is 504. The average Bonchev–Trinajstić information content (AvgIpc) is 2.46. The molecular formula is C16H22N2O2. The Morgan fingerprint density at radius 1 is 1.25 bits per heavy atom. The van der Waals surface area contributed by atoms with E-state index in [4.69, 9.17) is 0 Å². The molecule has 4 nitrogen and oxygen atoms in total. The molecule has 20 heavy (non-hydrogen) atoms. The zero-order valence-electron chi connectivity index (χ0n) is 12.6. The second-order valence-electron chi connectivity index (χ2n) is 4.73. The van der Waals surface area contributed by atoms with E-state index in [1.165, 1.54) is 0 Å². The van der Waals surface area contributed by atoms with Gasteiger partial charge in [0.1, 0.15) is 0 Å². The van der Waals surface area contributed by atoms with Crippen molar-refractivity contribution < 1.29 is 9.59 Å². The van der Waals surface area contributed by atoms with Gasteiger partial charge in [-0.3, -0.25) is 9.59 Å². The fourth-order valence-corrected chi connectivity index (χ4v) is 1.95. The highest BCUT2D eigenvalue weighted by atomic mass is 16.2. The van der Waals surface area contributed by atoms with Crippen molar-refractivity contribution in [3.63, 3.8) is 0 Å². The van der Waals surface area contributed by atoms with Crippen LogP contribution in [0.4, 0.5) is 0 Å². The summed E-state index contributed by atoms with van der Waals surface area (Å²) in [6.07, 6.45) is 2.78. The first-order valence-electron chi connectivity index (χ1n) is 6.72. The topological polar surface area (TPSA) is 49.4 Å². The molecule has 0 heterocycles. The molecule has 0 bridgehead atoms. The number of likely N-dealkylation sites (N-methyl/N-ethyl adjacent to an activating group) is 1. The van der Waals surface area contributed by atoms with Crippen LogP contribution in [0.15, 0.2) is 35.9 Å². The maximum Gasteiger partial charge on any atom is 0.251 e. The predicted molar refractivity (Wildman–Crippen MR) is 80.4 cm³/mol. The van der Waals surface area contributed by atoms with E-state index in [0.29, 0.717) is 12.1 Å². The normalized spacial score (nSPS) is 11.1. The molecule has 0 aromatic heterocycles. The van der Waals surface area contributed by atoms with Crippen molar-refractivity contribution in [2.24, 2.45) is 0 Å². The Labute approximate surface area is 120 Å². The molecule has 0 spiro atoms. The van der Waals surface area contributed by atoms with Gasteiger partial charge in [-0.25, -0.2) is 0 Å². The first kappa shape index (κ1) is 16.0. The minimum absolute atomic E-state index is 0.0298. The van der Waals surface area contributed by atoms with Crippen molar-refractivity contribution in [3.05, 3.63) is 47.0 Å².